The molecular formula is C17H16N2O4S. The average molecular weight is 344 g/mol. The van der Waals surface area contributed by atoms with Crippen molar-refractivity contribution < 1.29 is 18.8 Å². The molecule has 0 aliphatic carbocycles. The van der Waals surface area contributed by atoms with E-state index in [4.69, 9.17) is 14.0 Å². The number of esters is 1. The Morgan fingerprint density at radius 1 is 1.33 bits per heavy atom. The van der Waals surface area contributed by atoms with E-state index in [1.165, 1.54) is 11.3 Å². The Morgan fingerprint density at radius 2 is 2.17 bits per heavy atom. The number of carbonyl (C=O) groups excluding carboxylic acids is 1. The monoisotopic (exact) mass is 344 g/mol. The van der Waals surface area contributed by atoms with Crippen molar-refractivity contribution in [2.24, 2.45) is 0 Å². The molecule has 0 amide bonds. The number of hydrogen-bond acceptors (Lipinski definition) is 7. The summed E-state index contributed by atoms with van der Waals surface area (Å²) >= 11 is 1.51. The smallest absolute Gasteiger partial charge is 0.312 e. The summed E-state index contributed by atoms with van der Waals surface area (Å²) in [6.07, 6.45) is 0.151. The van der Waals surface area contributed by atoms with Crippen LogP contribution in [-0.4, -0.2) is 23.2 Å². The molecular weight excluding hydrogens is 328 g/mol. The first-order chi connectivity index (χ1) is 11.7. The Hall–Kier alpha value is -2.67. The van der Waals surface area contributed by atoms with Crippen LogP contribution in [0.5, 0.6) is 5.75 Å². The molecule has 0 saturated carbocycles. The Bertz CT molecular complexity index is 840. The van der Waals surface area contributed by atoms with Gasteiger partial charge in [-0.15, -0.1) is 11.3 Å². The summed E-state index contributed by atoms with van der Waals surface area (Å²) in [5.74, 6) is 0.822. The summed E-state index contributed by atoms with van der Waals surface area (Å²) in [7, 11) is 1.60. The van der Waals surface area contributed by atoms with E-state index in [-0.39, 0.29) is 19.0 Å². The first kappa shape index (κ1) is 16.2. The molecule has 3 rings (SSSR count). The fourth-order valence-electron chi connectivity index (χ4n) is 2.20. The molecule has 2 heterocycles. The second-order valence-corrected chi connectivity index (χ2v) is 6.14. The summed E-state index contributed by atoms with van der Waals surface area (Å²) < 4.78 is 15.7. The zero-order valence-electron chi connectivity index (χ0n) is 13.3. The van der Waals surface area contributed by atoms with Crippen LogP contribution >= 0.6 is 11.3 Å². The van der Waals surface area contributed by atoms with Crippen molar-refractivity contribution in [1.82, 2.24) is 10.1 Å². The van der Waals surface area contributed by atoms with Crippen molar-refractivity contribution in [2.45, 2.75) is 20.0 Å². The van der Waals surface area contributed by atoms with Crippen molar-refractivity contribution in [3.8, 4) is 17.0 Å². The zero-order chi connectivity index (χ0) is 16.9. The Morgan fingerprint density at radius 3 is 2.92 bits per heavy atom. The molecule has 0 aliphatic rings. The number of para-hydroxylation sites is 1. The summed E-state index contributed by atoms with van der Waals surface area (Å²) in [4.78, 5) is 16.1. The van der Waals surface area contributed by atoms with Gasteiger partial charge in [0.05, 0.1) is 24.2 Å². The molecule has 0 N–H and O–H groups in total. The normalized spacial score (nSPS) is 10.6. The summed E-state index contributed by atoms with van der Waals surface area (Å²) in [5, 5.41) is 6.78. The quantitative estimate of drug-likeness (QED) is 0.638. The molecule has 0 bridgehead atoms. The highest BCUT2D eigenvalue weighted by molar-refractivity contribution is 7.09. The maximum absolute atomic E-state index is 11.8. The number of ether oxygens (including phenoxy) is 2. The molecule has 0 saturated heterocycles. The number of aryl methyl sites for hydroxylation is 1. The van der Waals surface area contributed by atoms with Gasteiger partial charge in [-0.3, -0.25) is 4.79 Å². The lowest BCUT2D eigenvalue weighted by Gasteiger charge is -2.03. The molecule has 124 valence electrons. The van der Waals surface area contributed by atoms with E-state index in [1.807, 2.05) is 36.6 Å². The third-order valence-electron chi connectivity index (χ3n) is 3.31. The molecule has 3 aromatic rings. The van der Waals surface area contributed by atoms with E-state index in [9.17, 15) is 4.79 Å². The van der Waals surface area contributed by atoms with Gasteiger partial charge < -0.3 is 14.0 Å². The van der Waals surface area contributed by atoms with Gasteiger partial charge in [-0.05, 0) is 19.1 Å². The summed E-state index contributed by atoms with van der Waals surface area (Å²) in [6.45, 7) is 1.93. The van der Waals surface area contributed by atoms with E-state index < -0.39 is 0 Å². The number of hydrogen-bond donors (Lipinski definition) is 0. The van der Waals surface area contributed by atoms with E-state index in [1.54, 1.807) is 13.2 Å². The van der Waals surface area contributed by atoms with Gasteiger partial charge in [0, 0.05) is 17.0 Å². The van der Waals surface area contributed by atoms with Crippen LogP contribution < -0.4 is 4.74 Å². The van der Waals surface area contributed by atoms with Gasteiger partial charge >= 0.3 is 5.97 Å². The highest BCUT2D eigenvalue weighted by Gasteiger charge is 2.13. The molecule has 24 heavy (non-hydrogen) atoms. The first-order valence-corrected chi connectivity index (χ1v) is 8.19. The Labute approximate surface area is 143 Å². The second kappa shape index (κ2) is 7.27. The molecule has 2 aromatic heterocycles. The molecule has 0 radical (unpaired) electrons. The fourth-order valence-corrected chi connectivity index (χ4v) is 2.82. The van der Waals surface area contributed by atoms with E-state index in [0.29, 0.717) is 17.2 Å². The SMILES string of the molecule is COc1ccccc1-c1cc(COC(=O)Cc2csc(C)n2)on1. The summed E-state index contributed by atoms with van der Waals surface area (Å²) in [5.41, 5.74) is 2.17. The van der Waals surface area contributed by atoms with Crippen LogP contribution in [0.1, 0.15) is 16.5 Å². The minimum Gasteiger partial charge on any atom is -0.496 e. The number of methoxy groups -OCH3 is 1. The van der Waals surface area contributed by atoms with Crippen LogP contribution in [0, 0.1) is 6.92 Å². The Balaban J connectivity index is 1.61. The van der Waals surface area contributed by atoms with Crippen molar-refractivity contribution >= 4 is 17.3 Å². The van der Waals surface area contributed by atoms with Gasteiger partial charge in [-0.2, -0.15) is 0 Å². The fraction of sp³-hybridized carbons (Fsp3) is 0.235. The minimum atomic E-state index is -0.351. The molecule has 0 unspecified atom stereocenters. The standard InChI is InChI=1S/C17H16N2O4S/c1-11-18-12(10-24-11)7-17(20)22-9-13-8-15(19-23-13)14-5-3-4-6-16(14)21-2/h3-6,8,10H,7,9H2,1-2H3. The summed E-state index contributed by atoms with van der Waals surface area (Å²) in [6, 6.07) is 9.24. The molecule has 0 spiro atoms. The van der Waals surface area contributed by atoms with Crippen LogP contribution in [0.25, 0.3) is 11.3 Å². The topological polar surface area (TPSA) is 74.5 Å². The van der Waals surface area contributed by atoms with Crippen molar-refractivity contribution in [2.75, 3.05) is 7.11 Å². The maximum atomic E-state index is 11.8. The second-order valence-electron chi connectivity index (χ2n) is 5.07. The predicted octanol–water partition coefficient (Wildman–Crippen LogP) is 3.40. The van der Waals surface area contributed by atoms with E-state index >= 15 is 0 Å². The van der Waals surface area contributed by atoms with Gasteiger partial charge in [0.15, 0.2) is 12.4 Å². The largest absolute Gasteiger partial charge is 0.496 e. The minimum absolute atomic E-state index is 0.0318. The molecule has 1 aromatic carbocycles. The lowest BCUT2D eigenvalue weighted by atomic mass is 10.1. The lowest BCUT2D eigenvalue weighted by molar-refractivity contribution is -0.144. The number of benzene rings is 1. The highest BCUT2D eigenvalue weighted by Crippen LogP contribution is 2.29. The molecule has 7 heteroatoms. The number of nitrogens with zero attached hydrogens (tertiary/aromatic N) is 2. The number of aromatic nitrogens is 2. The van der Waals surface area contributed by atoms with Gasteiger partial charge in [-0.1, -0.05) is 17.3 Å². The van der Waals surface area contributed by atoms with Crippen LogP contribution in [0.4, 0.5) is 0 Å². The van der Waals surface area contributed by atoms with Crippen LogP contribution in [0.2, 0.25) is 0 Å². The highest BCUT2D eigenvalue weighted by atomic mass is 32.1. The van der Waals surface area contributed by atoms with Crippen LogP contribution in [0.3, 0.4) is 0 Å². The van der Waals surface area contributed by atoms with Crippen molar-refractivity contribution in [3.63, 3.8) is 0 Å². The van der Waals surface area contributed by atoms with E-state index in [2.05, 4.69) is 10.1 Å². The maximum Gasteiger partial charge on any atom is 0.312 e. The van der Waals surface area contributed by atoms with Gasteiger partial charge in [0.2, 0.25) is 0 Å². The van der Waals surface area contributed by atoms with Gasteiger partial charge in [0.1, 0.15) is 11.4 Å². The van der Waals surface area contributed by atoms with Crippen molar-refractivity contribution in [1.29, 1.82) is 0 Å². The van der Waals surface area contributed by atoms with Crippen molar-refractivity contribution in [3.05, 3.63) is 52.2 Å². The number of rotatable bonds is 6. The van der Waals surface area contributed by atoms with Gasteiger partial charge in [0.25, 0.3) is 0 Å². The third kappa shape index (κ3) is 3.80. The van der Waals surface area contributed by atoms with Gasteiger partial charge in [-0.25, -0.2) is 4.98 Å². The number of carbonyl (C=O) groups is 1. The molecule has 0 atom stereocenters. The van der Waals surface area contributed by atoms with E-state index in [0.717, 1.165) is 16.3 Å². The average Bonchev–Trinajstić information content (AvgIpc) is 3.22. The molecule has 0 fully saturated rings. The zero-order valence-corrected chi connectivity index (χ0v) is 14.1. The first-order valence-electron chi connectivity index (χ1n) is 7.31. The Kier molecular flexibility index (Phi) is 4.90. The third-order valence-corrected chi connectivity index (χ3v) is 4.13. The molecule has 6 nitrogen and oxygen atoms in total. The molecule has 0 aliphatic heterocycles. The van der Waals surface area contributed by atoms with Crippen LogP contribution in [0.15, 0.2) is 40.2 Å². The number of thiazole rings is 1. The predicted molar refractivity (Wildman–Crippen MR) is 88.8 cm³/mol. The van der Waals surface area contributed by atoms with Crippen LogP contribution in [-0.2, 0) is 22.6 Å². The lowest BCUT2D eigenvalue weighted by Crippen LogP contribution is -2.07.